The zero-order chi connectivity index (χ0) is 14.9. The largest absolute Gasteiger partial charge is 0.477 e. The number of aryl methyl sites for hydroxylation is 3. The van der Waals surface area contributed by atoms with Crippen LogP contribution in [-0.4, -0.2) is 27.4 Å². The van der Waals surface area contributed by atoms with Crippen molar-refractivity contribution < 1.29 is 15.0 Å². The Balaban J connectivity index is 2.67. The van der Waals surface area contributed by atoms with Gasteiger partial charge in [0, 0.05) is 17.8 Å². The van der Waals surface area contributed by atoms with Gasteiger partial charge >= 0.3 is 5.97 Å². The van der Waals surface area contributed by atoms with Crippen LogP contribution in [-0.2, 0) is 6.54 Å². The molecule has 0 aliphatic rings. The van der Waals surface area contributed by atoms with Crippen LogP contribution in [0.3, 0.4) is 0 Å². The molecule has 0 amide bonds. The highest BCUT2D eigenvalue weighted by Crippen LogP contribution is 2.30. The summed E-state index contributed by atoms with van der Waals surface area (Å²) in [6, 6.07) is 7.56. The molecule has 0 saturated carbocycles. The van der Waals surface area contributed by atoms with Crippen molar-refractivity contribution in [3.63, 3.8) is 0 Å². The van der Waals surface area contributed by atoms with Crippen molar-refractivity contribution in [2.45, 2.75) is 27.3 Å². The molecule has 1 aromatic carbocycles. The van der Waals surface area contributed by atoms with Crippen LogP contribution >= 0.6 is 0 Å². The number of benzene rings is 1. The van der Waals surface area contributed by atoms with Gasteiger partial charge in [0.15, 0.2) is 0 Å². The Hall–Kier alpha value is -2.07. The van der Waals surface area contributed by atoms with Gasteiger partial charge in [-0.2, -0.15) is 0 Å². The third kappa shape index (κ3) is 2.47. The summed E-state index contributed by atoms with van der Waals surface area (Å²) in [4.78, 5) is 11.3. The Morgan fingerprint density at radius 1 is 1.15 bits per heavy atom. The van der Waals surface area contributed by atoms with E-state index in [0.717, 1.165) is 22.4 Å². The van der Waals surface area contributed by atoms with Crippen LogP contribution < -0.4 is 0 Å². The van der Waals surface area contributed by atoms with E-state index in [2.05, 4.69) is 12.1 Å². The first-order valence-corrected chi connectivity index (χ1v) is 6.57. The van der Waals surface area contributed by atoms with Gasteiger partial charge in [-0.1, -0.05) is 17.7 Å². The number of hydrogen-bond acceptors (Lipinski definition) is 2. The first-order valence-electron chi connectivity index (χ1n) is 6.57. The second kappa shape index (κ2) is 5.51. The first-order chi connectivity index (χ1) is 9.45. The van der Waals surface area contributed by atoms with Crippen molar-refractivity contribution in [3.8, 4) is 11.3 Å². The molecule has 4 heteroatoms. The molecule has 0 bridgehead atoms. The van der Waals surface area contributed by atoms with Gasteiger partial charge in [-0.25, -0.2) is 4.79 Å². The molecule has 0 atom stereocenters. The number of aliphatic hydroxyl groups is 1. The standard InChI is InChI=1S/C16H19NO3/c1-10-8-11(2)15(12(3)9-10)13-4-5-14(16(19)20)17(13)6-7-18/h4-5,8-9,18H,6-7H2,1-3H3,(H,19,20). The van der Waals surface area contributed by atoms with E-state index in [4.69, 9.17) is 0 Å². The molecule has 0 saturated heterocycles. The molecule has 0 unspecified atom stereocenters. The summed E-state index contributed by atoms with van der Waals surface area (Å²) in [5.74, 6) is -0.980. The number of carbonyl (C=O) groups is 1. The SMILES string of the molecule is Cc1cc(C)c(-c2ccc(C(=O)O)n2CCO)c(C)c1. The van der Waals surface area contributed by atoms with Gasteiger partial charge in [0.1, 0.15) is 5.69 Å². The van der Waals surface area contributed by atoms with Crippen LogP contribution in [0.15, 0.2) is 24.3 Å². The second-order valence-corrected chi connectivity index (χ2v) is 5.06. The Labute approximate surface area is 118 Å². The van der Waals surface area contributed by atoms with Gasteiger partial charge in [-0.05, 0) is 44.0 Å². The van der Waals surface area contributed by atoms with E-state index >= 15 is 0 Å². The Morgan fingerprint density at radius 3 is 2.25 bits per heavy atom. The van der Waals surface area contributed by atoms with Crippen LogP contribution in [0.5, 0.6) is 0 Å². The molecular formula is C16H19NO3. The maximum absolute atomic E-state index is 11.3. The smallest absolute Gasteiger partial charge is 0.352 e. The van der Waals surface area contributed by atoms with E-state index in [1.807, 2.05) is 26.8 Å². The third-order valence-electron chi connectivity index (χ3n) is 3.46. The van der Waals surface area contributed by atoms with Gasteiger partial charge in [0.2, 0.25) is 0 Å². The summed E-state index contributed by atoms with van der Waals surface area (Å²) in [7, 11) is 0. The zero-order valence-corrected chi connectivity index (χ0v) is 12.0. The van der Waals surface area contributed by atoms with Gasteiger partial charge in [-0.3, -0.25) is 0 Å². The minimum Gasteiger partial charge on any atom is -0.477 e. The number of aliphatic hydroxyl groups excluding tert-OH is 1. The number of nitrogens with zero attached hydrogens (tertiary/aromatic N) is 1. The highest BCUT2D eigenvalue weighted by molar-refractivity contribution is 5.88. The van der Waals surface area contributed by atoms with E-state index < -0.39 is 5.97 Å². The number of aromatic nitrogens is 1. The minimum absolute atomic E-state index is 0.0914. The van der Waals surface area contributed by atoms with Crippen molar-refractivity contribution in [2.75, 3.05) is 6.61 Å². The molecule has 2 N–H and O–H groups in total. The van der Waals surface area contributed by atoms with E-state index in [1.165, 1.54) is 5.56 Å². The Morgan fingerprint density at radius 2 is 1.75 bits per heavy atom. The highest BCUT2D eigenvalue weighted by Gasteiger charge is 2.17. The monoisotopic (exact) mass is 273 g/mol. The van der Waals surface area contributed by atoms with Gasteiger partial charge in [-0.15, -0.1) is 0 Å². The number of carboxylic acids is 1. The minimum atomic E-state index is -0.980. The Bertz CT molecular complexity index is 633. The molecular weight excluding hydrogens is 254 g/mol. The predicted octanol–water partition coefficient (Wildman–Crippen LogP) is 2.77. The van der Waals surface area contributed by atoms with Gasteiger partial charge in [0.25, 0.3) is 0 Å². The maximum Gasteiger partial charge on any atom is 0.352 e. The van der Waals surface area contributed by atoms with Gasteiger partial charge in [0.05, 0.1) is 6.61 Å². The van der Waals surface area contributed by atoms with E-state index in [1.54, 1.807) is 10.6 Å². The van der Waals surface area contributed by atoms with Crippen LogP contribution in [0.4, 0.5) is 0 Å². The summed E-state index contributed by atoms with van der Waals surface area (Å²) in [5, 5.41) is 18.4. The molecule has 20 heavy (non-hydrogen) atoms. The molecule has 0 spiro atoms. The lowest BCUT2D eigenvalue weighted by Crippen LogP contribution is -2.12. The van der Waals surface area contributed by atoms with Crippen molar-refractivity contribution >= 4 is 5.97 Å². The number of rotatable bonds is 4. The van der Waals surface area contributed by atoms with Crippen molar-refractivity contribution in [1.29, 1.82) is 0 Å². The predicted molar refractivity (Wildman–Crippen MR) is 78.1 cm³/mol. The molecule has 0 aliphatic heterocycles. The van der Waals surface area contributed by atoms with Crippen LogP contribution in [0.25, 0.3) is 11.3 Å². The topological polar surface area (TPSA) is 62.5 Å². The fourth-order valence-electron chi connectivity index (χ4n) is 2.80. The number of aromatic carboxylic acids is 1. The fraction of sp³-hybridized carbons (Fsp3) is 0.312. The third-order valence-corrected chi connectivity index (χ3v) is 3.46. The molecule has 106 valence electrons. The average Bonchev–Trinajstić information content (AvgIpc) is 2.72. The summed E-state index contributed by atoms with van der Waals surface area (Å²) < 4.78 is 1.66. The number of hydrogen-bond donors (Lipinski definition) is 2. The summed E-state index contributed by atoms with van der Waals surface area (Å²) in [6.45, 7) is 6.26. The molecule has 2 rings (SSSR count). The lowest BCUT2D eigenvalue weighted by molar-refractivity contribution is 0.0684. The van der Waals surface area contributed by atoms with Crippen LogP contribution in [0, 0.1) is 20.8 Å². The summed E-state index contributed by atoms with van der Waals surface area (Å²) >= 11 is 0. The highest BCUT2D eigenvalue weighted by atomic mass is 16.4. The van der Waals surface area contributed by atoms with Crippen molar-refractivity contribution in [3.05, 3.63) is 46.6 Å². The lowest BCUT2D eigenvalue weighted by atomic mass is 9.97. The molecule has 0 radical (unpaired) electrons. The summed E-state index contributed by atoms with van der Waals surface area (Å²) in [5.41, 5.74) is 5.48. The molecule has 1 heterocycles. The lowest BCUT2D eigenvalue weighted by Gasteiger charge is -2.15. The normalized spacial score (nSPS) is 10.8. The molecule has 1 aromatic heterocycles. The molecule has 0 fully saturated rings. The van der Waals surface area contributed by atoms with E-state index in [0.29, 0.717) is 0 Å². The van der Waals surface area contributed by atoms with E-state index in [9.17, 15) is 15.0 Å². The average molecular weight is 273 g/mol. The molecule has 0 aliphatic carbocycles. The quantitative estimate of drug-likeness (QED) is 0.900. The summed E-state index contributed by atoms with van der Waals surface area (Å²) in [6.07, 6.45) is 0. The van der Waals surface area contributed by atoms with Crippen molar-refractivity contribution in [1.82, 2.24) is 4.57 Å². The zero-order valence-electron chi connectivity index (χ0n) is 12.0. The van der Waals surface area contributed by atoms with E-state index in [-0.39, 0.29) is 18.8 Å². The molecule has 2 aromatic rings. The maximum atomic E-state index is 11.3. The second-order valence-electron chi connectivity index (χ2n) is 5.06. The first kappa shape index (κ1) is 14.3. The Kier molecular flexibility index (Phi) is 3.95. The number of carboxylic acid groups (broad SMARTS) is 1. The fourth-order valence-corrected chi connectivity index (χ4v) is 2.80. The van der Waals surface area contributed by atoms with Crippen LogP contribution in [0.1, 0.15) is 27.2 Å². The molecule has 4 nitrogen and oxygen atoms in total. The van der Waals surface area contributed by atoms with Crippen LogP contribution in [0.2, 0.25) is 0 Å². The van der Waals surface area contributed by atoms with Crippen molar-refractivity contribution in [2.24, 2.45) is 0 Å². The van der Waals surface area contributed by atoms with Gasteiger partial charge < -0.3 is 14.8 Å².